The Morgan fingerprint density at radius 1 is 1.24 bits per heavy atom. The van der Waals surface area contributed by atoms with Gasteiger partial charge in [-0.05, 0) is 24.1 Å². The molecule has 1 fully saturated rings. The first-order valence-electron chi connectivity index (χ1n) is 5.41. The van der Waals surface area contributed by atoms with Crippen LogP contribution in [-0.2, 0) is 19.7 Å². The van der Waals surface area contributed by atoms with Crippen molar-refractivity contribution < 1.29 is 18.7 Å². The summed E-state index contributed by atoms with van der Waals surface area (Å²) < 4.78 is 17.7. The van der Waals surface area contributed by atoms with Gasteiger partial charge in [-0.3, -0.25) is 9.59 Å². The Balaban J connectivity index is 2.39. The van der Waals surface area contributed by atoms with E-state index >= 15 is 0 Å². The molecule has 0 N–H and O–H groups in total. The molecule has 0 spiro atoms. The molecule has 1 saturated heterocycles. The SMILES string of the molecule is Cc1cc(C2(C)CC(=O)OC(=O)C2)ccc1F. The maximum atomic E-state index is 13.2. The lowest BCUT2D eigenvalue weighted by Crippen LogP contribution is -2.36. The first kappa shape index (κ1) is 11.8. The fourth-order valence-corrected chi connectivity index (χ4v) is 2.12. The van der Waals surface area contributed by atoms with E-state index in [1.807, 2.05) is 6.92 Å². The van der Waals surface area contributed by atoms with Crippen LogP contribution in [0.15, 0.2) is 18.2 Å². The van der Waals surface area contributed by atoms with Gasteiger partial charge in [0, 0.05) is 5.41 Å². The van der Waals surface area contributed by atoms with E-state index in [0.717, 1.165) is 5.56 Å². The summed E-state index contributed by atoms with van der Waals surface area (Å²) >= 11 is 0. The molecule has 1 aliphatic rings. The zero-order chi connectivity index (χ0) is 12.6. The number of halogens is 1. The van der Waals surface area contributed by atoms with Gasteiger partial charge in [-0.15, -0.1) is 0 Å². The van der Waals surface area contributed by atoms with Crippen LogP contribution in [0.1, 0.15) is 30.9 Å². The average molecular weight is 236 g/mol. The molecule has 0 aliphatic carbocycles. The molecule has 1 heterocycles. The Bertz CT molecular complexity index is 477. The van der Waals surface area contributed by atoms with Crippen molar-refractivity contribution in [2.75, 3.05) is 0 Å². The molecule has 1 aliphatic heterocycles. The smallest absolute Gasteiger partial charge is 0.314 e. The third-order valence-corrected chi connectivity index (χ3v) is 3.15. The van der Waals surface area contributed by atoms with E-state index in [2.05, 4.69) is 4.74 Å². The fourth-order valence-electron chi connectivity index (χ4n) is 2.12. The molecule has 0 bridgehead atoms. The van der Waals surface area contributed by atoms with Gasteiger partial charge in [0.05, 0.1) is 12.8 Å². The van der Waals surface area contributed by atoms with E-state index in [0.29, 0.717) is 5.56 Å². The van der Waals surface area contributed by atoms with E-state index in [4.69, 9.17) is 0 Å². The molecule has 0 saturated carbocycles. The monoisotopic (exact) mass is 236 g/mol. The first-order valence-corrected chi connectivity index (χ1v) is 5.41. The van der Waals surface area contributed by atoms with Crippen molar-refractivity contribution in [2.24, 2.45) is 0 Å². The highest BCUT2D eigenvalue weighted by Gasteiger charge is 2.38. The van der Waals surface area contributed by atoms with Crippen molar-refractivity contribution in [3.05, 3.63) is 35.1 Å². The second-order valence-corrected chi connectivity index (χ2v) is 4.72. The molecule has 90 valence electrons. The van der Waals surface area contributed by atoms with Crippen LogP contribution in [0.3, 0.4) is 0 Å². The van der Waals surface area contributed by atoms with Crippen molar-refractivity contribution in [1.29, 1.82) is 0 Å². The maximum absolute atomic E-state index is 13.2. The average Bonchev–Trinajstić information content (AvgIpc) is 2.19. The molecule has 3 nitrogen and oxygen atoms in total. The number of rotatable bonds is 1. The predicted octanol–water partition coefficient (Wildman–Crippen LogP) is 2.26. The molecule has 2 rings (SSSR count). The van der Waals surface area contributed by atoms with Crippen LogP contribution in [0.2, 0.25) is 0 Å². The molecular formula is C13H13FO3. The van der Waals surface area contributed by atoms with Crippen molar-refractivity contribution in [1.82, 2.24) is 0 Å². The topological polar surface area (TPSA) is 43.4 Å². The van der Waals surface area contributed by atoms with Gasteiger partial charge in [0.15, 0.2) is 0 Å². The summed E-state index contributed by atoms with van der Waals surface area (Å²) in [4.78, 5) is 22.6. The fraction of sp³-hybridized carbons (Fsp3) is 0.385. The van der Waals surface area contributed by atoms with E-state index in [1.165, 1.54) is 6.07 Å². The van der Waals surface area contributed by atoms with Gasteiger partial charge in [0.25, 0.3) is 0 Å². The molecule has 4 heteroatoms. The second kappa shape index (κ2) is 3.95. The third kappa shape index (κ3) is 2.20. The molecule has 1 aromatic rings. The van der Waals surface area contributed by atoms with Crippen LogP contribution >= 0.6 is 0 Å². The second-order valence-electron chi connectivity index (χ2n) is 4.72. The summed E-state index contributed by atoms with van der Waals surface area (Å²) in [5.74, 6) is -1.33. The molecule has 1 aromatic carbocycles. The number of hydrogen-bond donors (Lipinski definition) is 0. The van der Waals surface area contributed by atoms with Gasteiger partial charge >= 0.3 is 11.9 Å². The molecular weight excluding hydrogens is 223 g/mol. The van der Waals surface area contributed by atoms with Gasteiger partial charge < -0.3 is 4.74 Å². The molecule has 0 radical (unpaired) electrons. The highest BCUT2D eigenvalue weighted by Crippen LogP contribution is 2.35. The van der Waals surface area contributed by atoms with Crippen molar-refractivity contribution >= 4 is 11.9 Å². The lowest BCUT2D eigenvalue weighted by Gasteiger charge is -2.31. The van der Waals surface area contributed by atoms with Crippen LogP contribution in [0.4, 0.5) is 4.39 Å². The summed E-state index contributed by atoms with van der Waals surface area (Å²) in [5, 5.41) is 0. The summed E-state index contributed by atoms with van der Waals surface area (Å²) in [6, 6.07) is 4.66. The van der Waals surface area contributed by atoms with Crippen LogP contribution in [0.5, 0.6) is 0 Å². The number of ether oxygens (including phenoxy) is 1. The Morgan fingerprint density at radius 2 is 1.82 bits per heavy atom. The number of carbonyl (C=O) groups excluding carboxylic acids is 2. The lowest BCUT2D eigenvalue weighted by molar-refractivity contribution is -0.166. The van der Waals surface area contributed by atoms with Gasteiger partial charge in [0.2, 0.25) is 0 Å². The Kier molecular flexibility index (Phi) is 2.73. The molecule has 0 unspecified atom stereocenters. The number of carbonyl (C=O) groups is 2. The van der Waals surface area contributed by atoms with Gasteiger partial charge in [-0.2, -0.15) is 0 Å². The first-order chi connectivity index (χ1) is 7.90. The largest absolute Gasteiger partial charge is 0.393 e. The summed E-state index contributed by atoms with van der Waals surface area (Å²) in [6.45, 7) is 3.48. The lowest BCUT2D eigenvalue weighted by atomic mass is 9.75. The standard InChI is InChI=1S/C13H13FO3/c1-8-5-9(3-4-10(8)14)13(2)6-11(15)17-12(16)7-13/h3-5H,6-7H2,1-2H3. The minimum Gasteiger partial charge on any atom is -0.393 e. The van der Waals surface area contributed by atoms with Crippen molar-refractivity contribution in [3.8, 4) is 0 Å². The Labute approximate surface area is 98.6 Å². The van der Waals surface area contributed by atoms with Crippen LogP contribution < -0.4 is 0 Å². The summed E-state index contributed by atoms with van der Waals surface area (Å²) in [7, 11) is 0. The normalized spacial score (nSPS) is 19.0. The molecule has 0 aromatic heterocycles. The predicted molar refractivity (Wildman–Crippen MR) is 58.8 cm³/mol. The van der Waals surface area contributed by atoms with E-state index < -0.39 is 17.4 Å². The minimum atomic E-state index is -0.592. The van der Waals surface area contributed by atoms with E-state index in [-0.39, 0.29) is 18.7 Å². The number of hydrogen-bond acceptors (Lipinski definition) is 3. The maximum Gasteiger partial charge on any atom is 0.314 e. The van der Waals surface area contributed by atoms with Crippen molar-refractivity contribution in [3.63, 3.8) is 0 Å². The molecule has 0 amide bonds. The summed E-state index contributed by atoms with van der Waals surface area (Å²) in [6.07, 6.45) is 0.285. The minimum absolute atomic E-state index is 0.143. The third-order valence-electron chi connectivity index (χ3n) is 3.15. The van der Waals surface area contributed by atoms with Gasteiger partial charge in [0.1, 0.15) is 5.82 Å². The summed E-state index contributed by atoms with van der Waals surface area (Å²) in [5.41, 5.74) is 0.710. The number of aryl methyl sites for hydroxylation is 1. The zero-order valence-electron chi connectivity index (χ0n) is 9.75. The van der Waals surface area contributed by atoms with Gasteiger partial charge in [-0.1, -0.05) is 19.1 Å². The van der Waals surface area contributed by atoms with Crippen molar-refractivity contribution in [2.45, 2.75) is 32.1 Å². The van der Waals surface area contributed by atoms with Crippen LogP contribution in [0.25, 0.3) is 0 Å². The highest BCUT2D eigenvalue weighted by atomic mass is 19.1. The molecule has 0 atom stereocenters. The van der Waals surface area contributed by atoms with E-state index in [9.17, 15) is 14.0 Å². The van der Waals surface area contributed by atoms with Gasteiger partial charge in [-0.25, -0.2) is 4.39 Å². The quantitative estimate of drug-likeness (QED) is 0.555. The number of benzene rings is 1. The Hall–Kier alpha value is -1.71. The molecule has 17 heavy (non-hydrogen) atoms. The highest BCUT2D eigenvalue weighted by molar-refractivity contribution is 5.90. The zero-order valence-corrected chi connectivity index (χ0v) is 9.75. The van der Waals surface area contributed by atoms with Crippen LogP contribution in [0, 0.1) is 12.7 Å². The number of cyclic esters (lactones) is 2. The van der Waals surface area contributed by atoms with E-state index in [1.54, 1.807) is 19.1 Å². The Morgan fingerprint density at radius 3 is 2.35 bits per heavy atom. The number of esters is 2. The van der Waals surface area contributed by atoms with Crippen LogP contribution in [-0.4, -0.2) is 11.9 Å².